The Bertz CT molecular complexity index is 490. The van der Waals surface area contributed by atoms with Gasteiger partial charge in [0.25, 0.3) is 0 Å². The largest absolute Gasteiger partial charge is 0.265 e. The molecule has 1 heterocycles. The topological polar surface area (TPSA) is 12.9 Å². The van der Waals surface area contributed by atoms with E-state index in [-0.39, 0.29) is 0 Å². The van der Waals surface area contributed by atoms with E-state index in [0.717, 1.165) is 6.42 Å². The first-order chi connectivity index (χ1) is 8.18. The van der Waals surface area contributed by atoms with Gasteiger partial charge in [-0.2, -0.15) is 0 Å². The predicted octanol–water partition coefficient (Wildman–Crippen LogP) is 4.54. The molecule has 0 N–H and O–H groups in total. The van der Waals surface area contributed by atoms with Crippen molar-refractivity contribution in [3.05, 3.63) is 59.0 Å². The van der Waals surface area contributed by atoms with E-state index in [1.807, 2.05) is 12.4 Å². The summed E-state index contributed by atoms with van der Waals surface area (Å²) in [5.74, 6) is 0. The third-order valence-corrected chi connectivity index (χ3v) is 3.52. The van der Waals surface area contributed by atoms with Crippen molar-refractivity contribution in [2.24, 2.45) is 0 Å². The summed E-state index contributed by atoms with van der Waals surface area (Å²) < 4.78 is 0. The van der Waals surface area contributed by atoms with Crippen LogP contribution < -0.4 is 0 Å². The lowest BCUT2D eigenvalue weighted by molar-refractivity contribution is 0.912. The minimum Gasteiger partial charge on any atom is -0.265 e. The molecule has 1 heteroatoms. The van der Waals surface area contributed by atoms with Gasteiger partial charge in [0.05, 0.1) is 0 Å². The number of rotatable bonds is 2. The van der Waals surface area contributed by atoms with Crippen molar-refractivity contribution < 1.29 is 0 Å². The van der Waals surface area contributed by atoms with Crippen LogP contribution in [0.1, 0.15) is 39.2 Å². The Labute approximate surface area is 104 Å². The number of pyridine rings is 1. The predicted molar refractivity (Wildman–Crippen MR) is 73.6 cm³/mol. The molecule has 0 fully saturated rings. The molecular weight excluding hydrogens is 206 g/mol. The van der Waals surface area contributed by atoms with Crippen LogP contribution in [0, 0.1) is 0 Å². The monoisotopic (exact) mass is 225 g/mol. The lowest BCUT2D eigenvalue weighted by Crippen LogP contribution is -1.95. The molecule has 0 atom stereocenters. The van der Waals surface area contributed by atoms with Crippen molar-refractivity contribution >= 4 is 5.57 Å². The molecular formula is C16H19N. The molecule has 1 nitrogen and oxygen atoms in total. The number of hydrogen-bond donors (Lipinski definition) is 0. The molecule has 0 unspecified atom stereocenters. The van der Waals surface area contributed by atoms with Crippen molar-refractivity contribution in [1.82, 2.24) is 4.98 Å². The minimum absolute atomic E-state index is 1.16. The minimum atomic E-state index is 1.16. The summed E-state index contributed by atoms with van der Waals surface area (Å²) in [6.45, 7) is 6.61. The average Bonchev–Trinajstić information content (AvgIpc) is 2.39. The molecule has 0 spiro atoms. The third kappa shape index (κ3) is 2.73. The standard InChI is InChI=1S/C16H19N/c1-12-4-6-15(7-5-12)13(2)14(3)16-8-10-17-11-9-16/h4,6,8-11H,5,7H2,1-3H3/b14-13-. The Kier molecular flexibility index (Phi) is 3.58. The first kappa shape index (κ1) is 11.8. The summed E-state index contributed by atoms with van der Waals surface area (Å²) in [6, 6.07) is 4.15. The number of aromatic nitrogens is 1. The number of allylic oxidation sites excluding steroid dienone is 6. The Balaban J connectivity index is 2.33. The number of nitrogens with zero attached hydrogens (tertiary/aromatic N) is 1. The zero-order chi connectivity index (χ0) is 12.3. The van der Waals surface area contributed by atoms with E-state index in [9.17, 15) is 0 Å². The molecule has 0 radical (unpaired) electrons. The molecule has 1 aromatic rings. The third-order valence-electron chi connectivity index (χ3n) is 3.52. The number of hydrogen-bond acceptors (Lipinski definition) is 1. The average molecular weight is 225 g/mol. The van der Waals surface area contributed by atoms with Crippen LogP contribution in [0.15, 0.2) is 53.4 Å². The van der Waals surface area contributed by atoms with Gasteiger partial charge in [-0.05, 0) is 68.0 Å². The summed E-state index contributed by atoms with van der Waals surface area (Å²) in [7, 11) is 0. The first-order valence-electron chi connectivity index (χ1n) is 6.13. The summed E-state index contributed by atoms with van der Waals surface area (Å²) in [5.41, 5.74) is 6.96. The molecule has 0 aliphatic heterocycles. The van der Waals surface area contributed by atoms with E-state index in [1.165, 1.54) is 34.3 Å². The highest BCUT2D eigenvalue weighted by Gasteiger charge is 2.08. The van der Waals surface area contributed by atoms with Crippen molar-refractivity contribution in [2.75, 3.05) is 0 Å². The molecule has 17 heavy (non-hydrogen) atoms. The van der Waals surface area contributed by atoms with Gasteiger partial charge in [0.2, 0.25) is 0 Å². The highest BCUT2D eigenvalue weighted by Crippen LogP contribution is 2.28. The Hall–Kier alpha value is -1.63. The molecule has 88 valence electrons. The van der Waals surface area contributed by atoms with Crippen LogP contribution in [0.3, 0.4) is 0 Å². The van der Waals surface area contributed by atoms with Crippen LogP contribution in [0.5, 0.6) is 0 Å². The molecule has 2 rings (SSSR count). The maximum Gasteiger partial charge on any atom is 0.0273 e. The second kappa shape index (κ2) is 5.13. The van der Waals surface area contributed by atoms with Gasteiger partial charge in [-0.3, -0.25) is 4.98 Å². The normalized spacial score (nSPS) is 17.1. The fourth-order valence-electron chi connectivity index (χ4n) is 2.11. The molecule has 0 aromatic carbocycles. The highest BCUT2D eigenvalue weighted by atomic mass is 14.6. The Morgan fingerprint density at radius 2 is 1.71 bits per heavy atom. The zero-order valence-corrected chi connectivity index (χ0v) is 10.8. The first-order valence-corrected chi connectivity index (χ1v) is 6.13. The molecule has 1 aliphatic carbocycles. The van der Waals surface area contributed by atoms with Crippen molar-refractivity contribution in [3.63, 3.8) is 0 Å². The maximum atomic E-state index is 4.06. The molecule has 1 aromatic heterocycles. The summed E-state index contributed by atoms with van der Waals surface area (Å²) in [4.78, 5) is 4.06. The lowest BCUT2D eigenvalue weighted by Gasteiger charge is -2.15. The van der Waals surface area contributed by atoms with Crippen LogP contribution in [0.4, 0.5) is 0 Å². The van der Waals surface area contributed by atoms with E-state index in [2.05, 4.69) is 50.0 Å². The van der Waals surface area contributed by atoms with Crippen molar-refractivity contribution in [1.29, 1.82) is 0 Å². The van der Waals surface area contributed by atoms with E-state index >= 15 is 0 Å². The Morgan fingerprint density at radius 1 is 1.00 bits per heavy atom. The summed E-state index contributed by atoms with van der Waals surface area (Å²) >= 11 is 0. The molecule has 0 saturated carbocycles. The van der Waals surface area contributed by atoms with Gasteiger partial charge < -0.3 is 0 Å². The van der Waals surface area contributed by atoms with Crippen molar-refractivity contribution in [3.8, 4) is 0 Å². The molecule has 0 bridgehead atoms. The van der Waals surface area contributed by atoms with E-state index < -0.39 is 0 Å². The second-order valence-electron chi connectivity index (χ2n) is 4.69. The Morgan fingerprint density at radius 3 is 2.29 bits per heavy atom. The molecule has 0 saturated heterocycles. The van der Waals surface area contributed by atoms with Crippen LogP contribution in [0.2, 0.25) is 0 Å². The van der Waals surface area contributed by atoms with Gasteiger partial charge in [0, 0.05) is 12.4 Å². The van der Waals surface area contributed by atoms with Crippen LogP contribution in [-0.4, -0.2) is 4.98 Å². The second-order valence-corrected chi connectivity index (χ2v) is 4.69. The van der Waals surface area contributed by atoms with Gasteiger partial charge in [0.15, 0.2) is 0 Å². The van der Waals surface area contributed by atoms with E-state index in [1.54, 1.807) is 0 Å². The van der Waals surface area contributed by atoms with Crippen LogP contribution in [0.25, 0.3) is 5.57 Å². The van der Waals surface area contributed by atoms with Gasteiger partial charge in [-0.1, -0.05) is 17.7 Å². The SMILES string of the molecule is CC1=CC=C(/C(C)=C(/C)c2ccncc2)CC1. The molecule has 1 aliphatic rings. The van der Waals surface area contributed by atoms with E-state index in [4.69, 9.17) is 0 Å². The molecule has 0 amide bonds. The van der Waals surface area contributed by atoms with Gasteiger partial charge >= 0.3 is 0 Å². The summed E-state index contributed by atoms with van der Waals surface area (Å²) in [6.07, 6.45) is 10.6. The van der Waals surface area contributed by atoms with Crippen LogP contribution >= 0.6 is 0 Å². The maximum absolute atomic E-state index is 4.06. The van der Waals surface area contributed by atoms with Gasteiger partial charge in [-0.25, -0.2) is 0 Å². The fourth-order valence-corrected chi connectivity index (χ4v) is 2.11. The fraction of sp³-hybridized carbons (Fsp3) is 0.312. The highest BCUT2D eigenvalue weighted by molar-refractivity contribution is 5.70. The van der Waals surface area contributed by atoms with E-state index in [0.29, 0.717) is 0 Å². The van der Waals surface area contributed by atoms with Crippen molar-refractivity contribution in [2.45, 2.75) is 33.6 Å². The quantitative estimate of drug-likeness (QED) is 0.720. The smallest absolute Gasteiger partial charge is 0.0273 e. The lowest BCUT2D eigenvalue weighted by atomic mass is 9.90. The van der Waals surface area contributed by atoms with Crippen LogP contribution in [-0.2, 0) is 0 Å². The van der Waals surface area contributed by atoms with Gasteiger partial charge in [0.1, 0.15) is 0 Å². The zero-order valence-electron chi connectivity index (χ0n) is 10.8. The van der Waals surface area contributed by atoms with Gasteiger partial charge in [-0.15, -0.1) is 0 Å². The summed E-state index contributed by atoms with van der Waals surface area (Å²) in [5, 5.41) is 0.